The summed E-state index contributed by atoms with van der Waals surface area (Å²) in [6, 6.07) is 14.9. The van der Waals surface area contributed by atoms with Crippen LogP contribution in [0.1, 0.15) is 18.9 Å². The number of nitrogen functional groups attached to an aromatic ring is 1. The average Bonchev–Trinajstić information content (AvgIpc) is 3.30. The zero-order chi connectivity index (χ0) is 25.2. The number of hydrogen-bond acceptors (Lipinski definition) is 7. The predicted octanol–water partition coefficient (Wildman–Crippen LogP) is 4.79. The van der Waals surface area contributed by atoms with Crippen LogP contribution in [-0.4, -0.2) is 50.8 Å². The summed E-state index contributed by atoms with van der Waals surface area (Å²) in [4.78, 5) is 22.8. The summed E-state index contributed by atoms with van der Waals surface area (Å²) < 4.78 is 13.0. The van der Waals surface area contributed by atoms with Crippen LogP contribution in [0, 0.1) is 0 Å². The molecule has 0 saturated carbocycles. The van der Waals surface area contributed by atoms with E-state index in [0.717, 1.165) is 24.2 Å². The van der Waals surface area contributed by atoms with Crippen LogP contribution >= 0.6 is 11.6 Å². The highest BCUT2D eigenvalue weighted by Gasteiger charge is 2.29. The summed E-state index contributed by atoms with van der Waals surface area (Å²) in [5, 5.41) is 5.58. The Hall–Kier alpha value is -4.11. The van der Waals surface area contributed by atoms with Gasteiger partial charge in [-0.15, -0.1) is 0 Å². The molecular formula is C26H25ClN6O3. The van der Waals surface area contributed by atoms with Crippen molar-refractivity contribution in [3.05, 3.63) is 66.5 Å². The van der Waals surface area contributed by atoms with Crippen LogP contribution in [0.2, 0.25) is 0 Å². The summed E-state index contributed by atoms with van der Waals surface area (Å²) in [6.07, 6.45) is 3.08. The molecule has 0 radical (unpaired) electrons. The van der Waals surface area contributed by atoms with E-state index >= 15 is 0 Å². The lowest BCUT2D eigenvalue weighted by Gasteiger charge is -2.32. The highest BCUT2D eigenvalue weighted by molar-refractivity contribution is 6.41. The molecule has 36 heavy (non-hydrogen) atoms. The van der Waals surface area contributed by atoms with E-state index in [4.69, 9.17) is 31.9 Å². The maximum atomic E-state index is 12.4. The molecule has 1 aliphatic rings. The van der Waals surface area contributed by atoms with Gasteiger partial charge in [0.15, 0.2) is 5.65 Å². The lowest BCUT2D eigenvalue weighted by atomic mass is 10.1. The molecule has 9 nitrogen and oxygen atoms in total. The molecule has 4 aromatic rings. The van der Waals surface area contributed by atoms with Crippen LogP contribution in [0.3, 0.4) is 0 Å². The fraction of sp³-hybridized carbons (Fsp3) is 0.231. The first-order valence-corrected chi connectivity index (χ1v) is 11.9. The molecule has 1 amide bonds. The fourth-order valence-electron chi connectivity index (χ4n) is 4.42. The number of benzene rings is 2. The van der Waals surface area contributed by atoms with Crippen LogP contribution in [0.5, 0.6) is 17.2 Å². The van der Waals surface area contributed by atoms with Gasteiger partial charge < -0.3 is 20.1 Å². The van der Waals surface area contributed by atoms with Crippen molar-refractivity contribution < 1.29 is 14.3 Å². The number of ether oxygens (including phenoxy) is 2. The number of carbonyl (C=O) groups is 1. The minimum atomic E-state index is -0.264. The highest BCUT2D eigenvalue weighted by atomic mass is 35.5. The van der Waals surface area contributed by atoms with Crippen LogP contribution in [0.4, 0.5) is 5.82 Å². The number of halogens is 1. The second kappa shape index (κ2) is 9.87. The number of rotatable bonds is 6. The molecule has 1 saturated heterocycles. The normalized spacial score (nSPS) is 15.6. The second-order valence-corrected chi connectivity index (χ2v) is 8.96. The monoisotopic (exact) mass is 504 g/mol. The number of anilines is 1. The molecule has 0 aliphatic carbocycles. The molecule has 1 unspecified atom stereocenters. The van der Waals surface area contributed by atoms with Gasteiger partial charge in [0.05, 0.1) is 23.6 Å². The molecule has 0 bridgehead atoms. The number of methoxy groups -OCH3 is 1. The van der Waals surface area contributed by atoms with Crippen LogP contribution in [0.15, 0.2) is 66.5 Å². The van der Waals surface area contributed by atoms with Gasteiger partial charge >= 0.3 is 0 Å². The largest absolute Gasteiger partial charge is 0.497 e. The smallest absolute Gasteiger partial charge is 0.264 e. The number of likely N-dealkylation sites (tertiary alicyclic amines) is 1. The molecule has 2 aromatic heterocycles. The highest BCUT2D eigenvalue weighted by Crippen LogP contribution is 2.35. The van der Waals surface area contributed by atoms with Crippen molar-refractivity contribution in [3.63, 3.8) is 0 Å². The van der Waals surface area contributed by atoms with Gasteiger partial charge in [-0.05, 0) is 61.4 Å². The lowest BCUT2D eigenvalue weighted by Crippen LogP contribution is -2.41. The first-order valence-electron chi connectivity index (χ1n) is 11.5. The summed E-state index contributed by atoms with van der Waals surface area (Å²) in [5.41, 5.74) is 8.42. The van der Waals surface area contributed by atoms with Crippen molar-refractivity contribution in [2.75, 3.05) is 25.9 Å². The number of hydrogen-bond donors (Lipinski definition) is 1. The van der Waals surface area contributed by atoms with Crippen molar-refractivity contribution in [1.29, 1.82) is 0 Å². The van der Waals surface area contributed by atoms with Crippen molar-refractivity contribution in [2.45, 2.75) is 18.9 Å². The summed E-state index contributed by atoms with van der Waals surface area (Å²) in [5.74, 6) is 2.22. The third-order valence-electron chi connectivity index (χ3n) is 6.20. The molecule has 1 aliphatic heterocycles. The van der Waals surface area contributed by atoms with Gasteiger partial charge in [0.2, 0.25) is 0 Å². The molecule has 3 heterocycles. The molecule has 5 rings (SSSR count). The number of piperidine rings is 1. The average molecular weight is 505 g/mol. The van der Waals surface area contributed by atoms with E-state index in [0.29, 0.717) is 47.1 Å². The first-order chi connectivity index (χ1) is 17.4. The first kappa shape index (κ1) is 23.6. The van der Waals surface area contributed by atoms with Crippen LogP contribution in [0.25, 0.3) is 22.3 Å². The quantitative estimate of drug-likeness (QED) is 0.376. The minimum Gasteiger partial charge on any atom is -0.497 e. The summed E-state index contributed by atoms with van der Waals surface area (Å²) >= 11 is 5.87. The second-order valence-electron chi connectivity index (χ2n) is 8.50. The third-order valence-corrected chi connectivity index (χ3v) is 6.36. The molecule has 2 aromatic carbocycles. The molecule has 10 heteroatoms. The van der Waals surface area contributed by atoms with E-state index in [2.05, 4.69) is 16.5 Å². The Labute approximate surface area is 213 Å². The Morgan fingerprint density at radius 1 is 1.08 bits per heavy atom. The zero-order valence-electron chi connectivity index (χ0n) is 19.7. The number of carbonyl (C=O) groups excluding carboxylic acids is 1. The molecule has 2 N–H and O–H groups in total. The van der Waals surface area contributed by atoms with Crippen molar-refractivity contribution in [1.82, 2.24) is 24.6 Å². The Balaban J connectivity index is 1.45. The maximum Gasteiger partial charge on any atom is 0.264 e. The predicted molar refractivity (Wildman–Crippen MR) is 138 cm³/mol. The van der Waals surface area contributed by atoms with E-state index in [1.807, 2.05) is 53.2 Å². The third kappa shape index (κ3) is 4.57. The van der Waals surface area contributed by atoms with Crippen LogP contribution < -0.4 is 15.2 Å². The molecule has 184 valence electrons. The van der Waals surface area contributed by atoms with Crippen molar-refractivity contribution in [3.8, 4) is 28.5 Å². The van der Waals surface area contributed by atoms with Crippen molar-refractivity contribution >= 4 is 34.4 Å². The molecule has 1 atom stereocenters. The molecular weight excluding hydrogens is 480 g/mol. The van der Waals surface area contributed by atoms with E-state index in [-0.39, 0.29) is 17.0 Å². The molecule has 0 spiro atoms. The Morgan fingerprint density at radius 2 is 1.75 bits per heavy atom. The zero-order valence-corrected chi connectivity index (χ0v) is 20.5. The van der Waals surface area contributed by atoms with Gasteiger partial charge in [-0.2, -0.15) is 5.10 Å². The number of fused-ring (bicyclic) bond motifs is 1. The van der Waals surface area contributed by atoms with Gasteiger partial charge in [0.25, 0.3) is 5.91 Å². The van der Waals surface area contributed by atoms with E-state index in [1.54, 1.807) is 12.0 Å². The Bertz CT molecular complexity index is 1420. The van der Waals surface area contributed by atoms with Gasteiger partial charge in [-0.25, -0.2) is 14.6 Å². The summed E-state index contributed by atoms with van der Waals surface area (Å²) in [7, 11) is 1.62. The molecule has 1 fully saturated rings. The maximum absolute atomic E-state index is 12.4. The lowest BCUT2D eigenvalue weighted by molar-refractivity contribution is -0.128. The topological polar surface area (TPSA) is 108 Å². The standard InChI is InChI=1S/C26H25ClN6O3/c1-16(27)26(34)32-13-3-4-18(14-32)33-25-22(24(28)29-15-30-25)23(31-33)17-5-7-20(8-6-17)36-21-11-9-19(35-2)10-12-21/h5-12,15,18H,1,3-4,13-14H2,2H3,(H2,28,29,30). The van der Waals surface area contributed by atoms with Crippen LogP contribution in [-0.2, 0) is 4.79 Å². The van der Waals surface area contributed by atoms with Gasteiger partial charge in [-0.3, -0.25) is 4.79 Å². The summed E-state index contributed by atoms with van der Waals surface area (Å²) in [6.45, 7) is 4.66. The van der Waals surface area contributed by atoms with Crippen molar-refractivity contribution in [2.24, 2.45) is 0 Å². The van der Waals surface area contributed by atoms with Gasteiger partial charge in [-0.1, -0.05) is 18.2 Å². The Kier molecular flexibility index (Phi) is 6.47. The van der Waals surface area contributed by atoms with Gasteiger partial charge in [0.1, 0.15) is 35.1 Å². The Morgan fingerprint density at radius 3 is 2.42 bits per heavy atom. The number of aromatic nitrogens is 4. The minimum absolute atomic E-state index is 0.00480. The fourth-order valence-corrected chi connectivity index (χ4v) is 4.54. The van der Waals surface area contributed by atoms with E-state index < -0.39 is 0 Å². The SMILES string of the molecule is C=C(Cl)C(=O)N1CCCC(n2nc(-c3ccc(Oc4ccc(OC)cc4)cc3)c3c(N)ncnc32)C1. The number of amides is 1. The number of nitrogens with two attached hydrogens (primary N) is 1. The van der Waals surface area contributed by atoms with E-state index in [9.17, 15) is 4.79 Å². The number of nitrogens with zero attached hydrogens (tertiary/aromatic N) is 5. The van der Waals surface area contributed by atoms with E-state index in [1.165, 1.54) is 6.33 Å². The van der Waals surface area contributed by atoms with Gasteiger partial charge in [0, 0.05) is 18.7 Å².